The Morgan fingerprint density at radius 2 is 1.65 bits per heavy atom. The molecule has 1 heterocycles. The summed E-state index contributed by atoms with van der Waals surface area (Å²) in [6, 6.07) is 0.803. The Balaban J connectivity index is 1.47. The highest BCUT2D eigenvalue weighted by Gasteiger charge is 2.67. The summed E-state index contributed by atoms with van der Waals surface area (Å²) in [6.07, 6.45) is 7.25. The summed E-state index contributed by atoms with van der Waals surface area (Å²) in [5, 5.41) is 3.68. The van der Waals surface area contributed by atoms with Crippen LogP contribution in [-0.2, 0) is 4.74 Å². The largest absolute Gasteiger partial charge is 0.381 e. The molecule has 0 aromatic carbocycles. The quantitative estimate of drug-likeness (QED) is 0.810. The number of hydrogen-bond donors (Lipinski definition) is 1. The minimum atomic E-state index is 0.803. The highest BCUT2D eigenvalue weighted by atomic mass is 16.5. The van der Waals surface area contributed by atoms with Gasteiger partial charge in [-0.25, -0.2) is 0 Å². The average Bonchev–Trinajstić information content (AvgIpc) is 2.81. The Morgan fingerprint density at radius 3 is 2.24 bits per heavy atom. The summed E-state index contributed by atoms with van der Waals surface area (Å²) in [5.74, 6) is 6.40. The Labute approximate surface area is 104 Å². The predicted octanol–water partition coefficient (Wildman–Crippen LogP) is 2.29. The van der Waals surface area contributed by atoms with Gasteiger partial charge in [0.2, 0.25) is 0 Å². The van der Waals surface area contributed by atoms with Gasteiger partial charge in [0.25, 0.3) is 0 Å². The Bertz CT molecular complexity index is 283. The fourth-order valence-electron chi connectivity index (χ4n) is 5.69. The Morgan fingerprint density at radius 1 is 1.00 bits per heavy atom. The van der Waals surface area contributed by atoms with Gasteiger partial charge in [0.1, 0.15) is 0 Å². The highest BCUT2D eigenvalue weighted by molar-refractivity contribution is 5.16. The minimum Gasteiger partial charge on any atom is -0.381 e. The molecular formula is C15H25NO. The molecule has 3 saturated carbocycles. The predicted molar refractivity (Wildman–Crippen MR) is 67.7 cm³/mol. The van der Waals surface area contributed by atoms with E-state index in [0.717, 1.165) is 54.8 Å². The number of ether oxygens (including phenoxy) is 1. The van der Waals surface area contributed by atoms with Gasteiger partial charge >= 0.3 is 0 Å². The molecule has 17 heavy (non-hydrogen) atoms. The van der Waals surface area contributed by atoms with Crippen molar-refractivity contribution in [3.63, 3.8) is 0 Å². The van der Waals surface area contributed by atoms with E-state index < -0.39 is 0 Å². The zero-order valence-corrected chi connectivity index (χ0v) is 10.9. The summed E-state index contributed by atoms with van der Waals surface area (Å²) in [6.45, 7) is 2.00. The van der Waals surface area contributed by atoms with Crippen LogP contribution < -0.4 is 5.32 Å². The van der Waals surface area contributed by atoms with Gasteiger partial charge in [0.15, 0.2) is 0 Å². The lowest BCUT2D eigenvalue weighted by Crippen LogP contribution is -2.40. The number of hydrogen-bond acceptors (Lipinski definition) is 2. The van der Waals surface area contributed by atoms with Crippen LogP contribution in [0.5, 0.6) is 0 Å². The fraction of sp³-hybridized carbons (Fsp3) is 1.00. The summed E-state index contributed by atoms with van der Waals surface area (Å²) in [4.78, 5) is 0. The molecule has 2 heteroatoms. The maximum absolute atomic E-state index is 5.52. The second kappa shape index (κ2) is 3.96. The second-order valence-electron chi connectivity index (χ2n) is 6.83. The van der Waals surface area contributed by atoms with Crippen LogP contribution in [0.3, 0.4) is 0 Å². The van der Waals surface area contributed by atoms with Crippen molar-refractivity contribution in [2.45, 2.75) is 38.1 Å². The van der Waals surface area contributed by atoms with Gasteiger partial charge in [-0.2, -0.15) is 0 Å². The topological polar surface area (TPSA) is 21.3 Å². The van der Waals surface area contributed by atoms with Gasteiger partial charge in [-0.1, -0.05) is 0 Å². The van der Waals surface area contributed by atoms with Crippen molar-refractivity contribution in [3.8, 4) is 0 Å². The summed E-state index contributed by atoms with van der Waals surface area (Å²) >= 11 is 0. The molecule has 5 unspecified atom stereocenters. The zero-order valence-electron chi connectivity index (χ0n) is 10.9. The van der Waals surface area contributed by atoms with Crippen LogP contribution in [-0.4, -0.2) is 26.3 Å². The van der Waals surface area contributed by atoms with E-state index >= 15 is 0 Å². The number of nitrogens with one attached hydrogen (secondary N) is 1. The van der Waals surface area contributed by atoms with Crippen molar-refractivity contribution in [1.82, 2.24) is 5.32 Å². The van der Waals surface area contributed by atoms with E-state index in [1.165, 1.54) is 12.8 Å². The normalized spacial score (nSPS) is 50.3. The van der Waals surface area contributed by atoms with Crippen LogP contribution in [0.25, 0.3) is 0 Å². The summed E-state index contributed by atoms with van der Waals surface area (Å²) in [5.41, 5.74) is 0. The molecule has 4 fully saturated rings. The lowest BCUT2D eigenvalue weighted by molar-refractivity contribution is 0.0492. The molecule has 0 spiro atoms. The van der Waals surface area contributed by atoms with Gasteiger partial charge in [0.05, 0.1) is 0 Å². The average molecular weight is 235 g/mol. The van der Waals surface area contributed by atoms with E-state index in [0.29, 0.717) is 0 Å². The van der Waals surface area contributed by atoms with E-state index in [2.05, 4.69) is 12.4 Å². The fourth-order valence-corrected chi connectivity index (χ4v) is 5.69. The minimum absolute atomic E-state index is 0.803. The third-order valence-corrected chi connectivity index (χ3v) is 6.32. The van der Waals surface area contributed by atoms with Crippen LogP contribution >= 0.6 is 0 Å². The molecule has 3 aliphatic carbocycles. The van der Waals surface area contributed by atoms with Crippen LogP contribution in [0.2, 0.25) is 0 Å². The molecule has 0 aromatic heterocycles. The van der Waals surface area contributed by atoms with Crippen molar-refractivity contribution in [3.05, 3.63) is 0 Å². The van der Waals surface area contributed by atoms with E-state index in [9.17, 15) is 0 Å². The smallest absolute Gasteiger partial charge is 0.0469 e. The monoisotopic (exact) mass is 235 g/mol. The van der Waals surface area contributed by atoms with Gasteiger partial charge < -0.3 is 10.1 Å². The summed E-state index contributed by atoms with van der Waals surface area (Å²) < 4.78 is 5.52. The van der Waals surface area contributed by atoms with Gasteiger partial charge in [0, 0.05) is 19.3 Å². The van der Waals surface area contributed by atoms with E-state index in [1.54, 1.807) is 19.3 Å². The van der Waals surface area contributed by atoms with Crippen molar-refractivity contribution in [2.75, 3.05) is 20.3 Å². The van der Waals surface area contributed by atoms with Crippen molar-refractivity contribution >= 4 is 0 Å². The molecule has 0 radical (unpaired) electrons. The molecule has 1 N–H and O–H groups in total. The SMILES string of the molecule is CNC(C1CCOCC1)C1C2C3CCC(C3)C21. The standard InChI is InChI=1S/C15H25NO/c1-16-15(9-4-6-17-7-5-9)14-12-10-2-3-11(8-10)13(12)14/h9-16H,2-8H2,1H3. The molecule has 5 atom stereocenters. The van der Waals surface area contributed by atoms with Crippen LogP contribution in [0.15, 0.2) is 0 Å². The van der Waals surface area contributed by atoms with Crippen LogP contribution in [0.4, 0.5) is 0 Å². The van der Waals surface area contributed by atoms with E-state index in [-0.39, 0.29) is 0 Å². The van der Waals surface area contributed by atoms with E-state index in [4.69, 9.17) is 4.74 Å². The molecule has 2 nitrogen and oxygen atoms in total. The third-order valence-electron chi connectivity index (χ3n) is 6.32. The summed E-state index contributed by atoms with van der Waals surface area (Å²) in [7, 11) is 2.19. The van der Waals surface area contributed by atoms with E-state index in [1.807, 2.05) is 0 Å². The first-order valence-corrected chi connectivity index (χ1v) is 7.65. The lowest BCUT2D eigenvalue weighted by atomic mass is 9.85. The molecule has 4 rings (SSSR count). The van der Waals surface area contributed by atoms with Gasteiger partial charge in [-0.3, -0.25) is 0 Å². The molecule has 4 aliphatic rings. The lowest BCUT2D eigenvalue weighted by Gasteiger charge is -2.32. The number of rotatable bonds is 3. The van der Waals surface area contributed by atoms with Crippen LogP contribution in [0.1, 0.15) is 32.1 Å². The maximum Gasteiger partial charge on any atom is 0.0469 e. The first kappa shape index (κ1) is 10.8. The Hall–Kier alpha value is -0.0800. The van der Waals surface area contributed by atoms with Crippen molar-refractivity contribution in [1.29, 1.82) is 0 Å². The van der Waals surface area contributed by atoms with Gasteiger partial charge in [-0.05, 0) is 74.7 Å². The Kier molecular flexibility index (Phi) is 2.52. The highest BCUT2D eigenvalue weighted by Crippen LogP contribution is 2.70. The molecule has 96 valence electrons. The zero-order chi connectivity index (χ0) is 11.4. The van der Waals surface area contributed by atoms with Crippen LogP contribution in [0, 0.1) is 35.5 Å². The van der Waals surface area contributed by atoms with Gasteiger partial charge in [-0.15, -0.1) is 0 Å². The molecule has 2 bridgehead atoms. The number of fused-ring (bicyclic) bond motifs is 5. The molecule has 0 amide bonds. The first-order valence-electron chi connectivity index (χ1n) is 7.65. The van der Waals surface area contributed by atoms with Crippen molar-refractivity contribution in [2.24, 2.45) is 35.5 Å². The molecule has 1 saturated heterocycles. The molecular weight excluding hydrogens is 210 g/mol. The second-order valence-corrected chi connectivity index (χ2v) is 6.83. The molecule has 0 aromatic rings. The molecule has 1 aliphatic heterocycles. The van der Waals surface area contributed by atoms with Crippen molar-refractivity contribution < 1.29 is 4.74 Å². The maximum atomic E-state index is 5.52. The third kappa shape index (κ3) is 1.53. The first-order chi connectivity index (χ1) is 8.40.